The van der Waals surface area contributed by atoms with Gasteiger partial charge in [0.05, 0.1) is 26.4 Å². The zero-order chi connectivity index (χ0) is 46.0. The number of hydrogen-bond acceptors (Lipinski definition) is 7. The Kier molecular flexibility index (Phi) is 21.5. The summed E-state index contributed by atoms with van der Waals surface area (Å²) in [7, 11) is 0. The fraction of sp³-hybridized carbons (Fsp3) is 0.458. The predicted octanol–water partition coefficient (Wildman–Crippen LogP) is 16.6. The van der Waals surface area contributed by atoms with Gasteiger partial charge in [0.1, 0.15) is 60.1 Å². The quantitative estimate of drug-likeness (QED) is 0.0301. The summed E-state index contributed by atoms with van der Waals surface area (Å²) in [5.41, 5.74) is 3.07. The van der Waals surface area contributed by atoms with E-state index in [4.69, 9.17) is 33.2 Å². The maximum absolute atomic E-state index is 6.72. The summed E-state index contributed by atoms with van der Waals surface area (Å²) in [6, 6.07) is 37.4. The molecule has 0 aliphatic rings. The van der Waals surface area contributed by atoms with E-state index in [2.05, 4.69) is 107 Å². The van der Waals surface area contributed by atoms with Crippen molar-refractivity contribution in [3.8, 4) is 40.2 Å². The highest BCUT2D eigenvalue weighted by Crippen LogP contribution is 2.34. The van der Waals surface area contributed by atoms with Crippen LogP contribution in [0.1, 0.15) is 147 Å². The van der Waals surface area contributed by atoms with Crippen molar-refractivity contribution < 1.29 is 33.2 Å². The van der Waals surface area contributed by atoms with Crippen molar-refractivity contribution >= 4 is 21.5 Å². The van der Waals surface area contributed by atoms with Gasteiger partial charge in [0, 0.05) is 35.9 Å². The van der Waals surface area contributed by atoms with Crippen molar-refractivity contribution in [2.45, 2.75) is 150 Å². The first kappa shape index (κ1) is 49.9. The first-order valence-electron chi connectivity index (χ1n) is 25.3. The Morgan fingerprint density at radius 2 is 0.591 bits per heavy atom. The molecule has 0 heterocycles. The van der Waals surface area contributed by atoms with Gasteiger partial charge in [-0.2, -0.15) is 0 Å². The van der Waals surface area contributed by atoms with E-state index in [1.165, 1.54) is 72.9 Å². The van der Waals surface area contributed by atoms with Gasteiger partial charge in [-0.05, 0) is 88.7 Å². The lowest BCUT2D eigenvalue weighted by molar-refractivity contribution is 0.269. The molecule has 7 nitrogen and oxygen atoms in total. The second kappa shape index (κ2) is 28.5. The summed E-state index contributed by atoms with van der Waals surface area (Å²) < 4.78 is 45.1. The first-order valence-corrected chi connectivity index (χ1v) is 25.3. The second-order valence-corrected chi connectivity index (χ2v) is 17.6. The Hall–Kier alpha value is -5.56. The van der Waals surface area contributed by atoms with E-state index in [1.807, 2.05) is 30.3 Å². The molecule has 0 radical (unpaired) electrons. The van der Waals surface area contributed by atoms with Crippen molar-refractivity contribution in [1.82, 2.24) is 0 Å². The molecule has 0 spiro atoms. The summed E-state index contributed by atoms with van der Waals surface area (Å²) in [5.74, 6) is 5.14. The minimum atomic E-state index is 0.312. The average molecular weight is 897 g/mol. The monoisotopic (exact) mass is 897 g/mol. The minimum absolute atomic E-state index is 0.312. The summed E-state index contributed by atoms with van der Waals surface area (Å²) in [6.07, 6.45) is 18.4. The molecule has 0 saturated heterocycles. The van der Waals surface area contributed by atoms with Crippen LogP contribution in [-0.2, 0) is 19.8 Å². The molecule has 6 aromatic carbocycles. The summed E-state index contributed by atoms with van der Waals surface area (Å²) in [6.45, 7) is 12.6. The number of hydrogen-bond donors (Lipinski definition) is 0. The summed E-state index contributed by atoms with van der Waals surface area (Å²) in [4.78, 5) is 0. The van der Waals surface area contributed by atoms with Crippen LogP contribution in [0.5, 0.6) is 40.2 Å². The smallest absolute Gasteiger partial charge is 0.127 e. The number of unbranched alkanes of at least 4 members (excludes halogenated alkanes) is 12. The molecule has 0 N–H and O–H groups in total. The van der Waals surface area contributed by atoms with Crippen molar-refractivity contribution in [1.29, 1.82) is 0 Å². The third-order valence-corrected chi connectivity index (χ3v) is 11.9. The van der Waals surface area contributed by atoms with Gasteiger partial charge in [-0.15, -0.1) is 0 Å². The van der Waals surface area contributed by atoms with E-state index in [9.17, 15) is 0 Å². The molecule has 6 aromatic rings. The maximum atomic E-state index is 6.72. The maximum Gasteiger partial charge on any atom is 0.127 e. The van der Waals surface area contributed by atoms with Gasteiger partial charge in [0.25, 0.3) is 0 Å². The lowest BCUT2D eigenvalue weighted by Gasteiger charge is -2.17. The van der Waals surface area contributed by atoms with Crippen LogP contribution in [0.15, 0.2) is 109 Å². The van der Waals surface area contributed by atoms with E-state index >= 15 is 0 Å². The Bertz CT molecular complexity index is 2100. The molecule has 0 aliphatic carbocycles. The molecule has 0 aromatic heterocycles. The molecule has 0 saturated carbocycles. The van der Waals surface area contributed by atoms with E-state index in [-0.39, 0.29) is 0 Å². The normalized spacial score (nSPS) is 11.2. The Labute approximate surface area is 396 Å². The van der Waals surface area contributed by atoms with Crippen LogP contribution in [0, 0.1) is 0 Å². The average Bonchev–Trinajstić information content (AvgIpc) is 3.33. The Balaban J connectivity index is 1.25. The largest absolute Gasteiger partial charge is 0.493 e. The minimum Gasteiger partial charge on any atom is -0.493 e. The number of rotatable bonds is 33. The van der Waals surface area contributed by atoms with Crippen LogP contribution in [0.4, 0.5) is 0 Å². The second-order valence-electron chi connectivity index (χ2n) is 17.6. The van der Waals surface area contributed by atoms with Crippen LogP contribution in [0.25, 0.3) is 21.5 Å². The number of ether oxygens (including phenoxy) is 7. The zero-order valence-electron chi connectivity index (χ0n) is 40.5. The summed E-state index contributed by atoms with van der Waals surface area (Å²) in [5, 5.41) is 4.71. The third kappa shape index (κ3) is 16.7. The molecular weight excluding hydrogens is 821 g/mol. The highest BCUT2D eigenvalue weighted by atomic mass is 16.5. The van der Waals surface area contributed by atoms with Crippen molar-refractivity contribution in [3.05, 3.63) is 126 Å². The van der Waals surface area contributed by atoms with Gasteiger partial charge in [0.15, 0.2) is 0 Å². The van der Waals surface area contributed by atoms with E-state index < -0.39 is 0 Å². The number of fused-ring (bicyclic) bond motifs is 2. The van der Waals surface area contributed by atoms with Gasteiger partial charge >= 0.3 is 0 Å². The molecule has 0 amide bonds. The fourth-order valence-electron chi connectivity index (χ4n) is 8.18. The van der Waals surface area contributed by atoms with E-state index in [0.717, 1.165) is 91.1 Å². The molecule has 0 atom stereocenters. The molecule has 7 heteroatoms. The first-order chi connectivity index (χ1) is 32.5. The van der Waals surface area contributed by atoms with E-state index in [0.29, 0.717) is 63.5 Å². The van der Waals surface area contributed by atoms with Crippen molar-refractivity contribution in [2.24, 2.45) is 0 Å². The van der Waals surface area contributed by atoms with Crippen molar-refractivity contribution in [3.63, 3.8) is 0 Å². The molecular formula is C59H76O7. The van der Waals surface area contributed by atoms with Gasteiger partial charge in [-0.1, -0.05) is 153 Å². The lowest BCUT2D eigenvalue weighted by Crippen LogP contribution is -2.04. The van der Waals surface area contributed by atoms with Crippen LogP contribution in [0.3, 0.4) is 0 Å². The molecule has 354 valence electrons. The molecule has 0 unspecified atom stereocenters. The highest BCUT2D eigenvalue weighted by molar-refractivity contribution is 6.02. The topological polar surface area (TPSA) is 64.6 Å². The zero-order valence-corrected chi connectivity index (χ0v) is 40.5. The standard InChI is InChI=1S/C59H76O7/c1-5-9-13-21-29-60-50-33-46(34-51(38-50)61-30-22-14-10-6-2)43-64-54-40-55(42-56(41-54)66-45-59-57-27-19-17-25-48(57)37-49-26-18-20-28-58(49)59)65-44-47-35-52(62-31-23-15-11-7-3)39-53(36-47)63-32-24-16-12-8-4/h17-20,25-28,33-42H,5-16,21-24,29-32,43-45H2,1-4H3. The predicted molar refractivity (Wildman–Crippen MR) is 272 cm³/mol. The van der Waals surface area contributed by atoms with Gasteiger partial charge in [-0.3, -0.25) is 0 Å². The van der Waals surface area contributed by atoms with Crippen LogP contribution in [0.2, 0.25) is 0 Å². The van der Waals surface area contributed by atoms with Gasteiger partial charge in [-0.25, -0.2) is 0 Å². The van der Waals surface area contributed by atoms with Gasteiger partial charge < -0.3 is 33.2 Å². The third-order valence-electron chi connectivity index (χ3n) is 11.9. The molecule has 0 aliphatic heterocycles. The van der Waals surface area contributed by atoms with Crippen molar-refractivity contribution in [2.75, 3.05) is 26.4 Å². The van der Waals surface area contributed by atoms with E-state index in [1.54, 1.807) is 0 Å². The highest BCUT2D eigenvalue weighted by Gasteiger charge is 2.13. The molecule has 0 bridgehead atoms. The molecule has 6 rings (SSSR count). The lowest BCUT2D eigenvalue weighted by atomic mass is 9.97. The molecule has 0 fully saturated rings. The van der Waals surface area contributed by atoms with Gasteiger partial charge in [0.2, 0.25) is 0 Å². The Morgan fingerprint density at radius 3 is 0.924 bits per heavy atom. The van der Waals surface area contributed by atoms with Crippen LogP contribution >= 0.6 is 0 Å². The van der Waals surface area contributed by atoms with Crippen LogP contribution < -0.4 is 33.2 Å². The Morgan fingerprint density at radius 1 is 0.288 bits per heavy atom. The molecule has 66 heavy (non-hydrogen) atoms. The summed E-state index contributed by atoms with van der Waals surface area (Å²) >= 11 is 0. The van der Waals surface area contributed by atoms with Crippen LogP contribution in [-0.4, -0.2) is 26.4 Å². The fourth-order valence-corrected chi connectivity index (χ4v) is 8.18. The SMILES string of the molecule is CCCCCCOc1cc(COc2cc(OCc3cc(OCCCCCC)cc(OCCCCCC)c3)cc(OCc3c4ccccc4cc4ccccc34)c2)cc(OCCCCCC)c1. The number of benzene rings is 6.